The fraction of sp³-hybridized carbons (Fsp3) is 0.308. The van der Waals surface area contributed by atoms with E-state index in [0.29, 0.717) is 18.4 Å². The minimum absolute atomic E-state index is 0.105. The Hall–Kier alpha value is -1.97. The maximum atomic E-state index is 12.0. The van der Waals surface area contributed by atoms with Crippen LogP contribution in [0.5, 0.6) is 5.75 Å². The number of rotatable bonds is 2. The standard InChI is InChI=1S/C13H12O4/c1-7(14)12(16)11-4-2-8-6-9(15)3-5-10(8)13(11)17/h3,5-6,11,15H,2,4H2,1H3. The first-order valence-electron chi connectivity index (χ1n) is 5.41. The van der Waals surface area contributed by atoms with Gasteiger partial charge in [0.2, 0.25) is 5.78 Å². The number of phenolic OH excluding ortho intramolecular Hbond substituents is 1. The predicted octanol–water partition coefficient (Wildman–Crippen LogP) is 1.30. The summed E-state index contributed by atoms with van der Waals surface area (Å²) in [5.41, 5.74) is 1.18. The van der Waals surface area contributed by atoms with Crippen LogP contribution in [0.4, 0.5) is 0 Å². The van der Waals surface area contributed by atoms with E-state index in [4.69, 9.17) is 0 Å². The Morgan fingerprint density at radius 2 is 2.06 bits per heavy atom. The molecule has 0 aromatic heterocycles. The number of benzene rings is 1. The van der Waals surface area contributed by atoms with Gasteiger partial charge in [0.15, 0.2) is 11.6 Å². The maximum absolute atomic E-state index is 12.0. The lowest BCUT2D eigenvalue weighted by Gasteiger charge is -2.21. The smallest absolute Gasteiger partial charge is 0.208 e. The minimum Gasteiger partial charge on any atom is -0.508 e. The van der Waals surface area contributed by atoms with Gasteiger partial charge >= 0.3 is 0 Å². The molecular formula is C13H12O4. The van der Waals surface area contributed by atoms with E-state index >= 15 is 0 Å². The monoisotopic (exact) mass is 232 g/mol. The van der Waals surface area contributed by atoms with Crippen LogP contribution < -0.4 is 0 Å². The fourth-order valence-electron chi connectivity index (χ4n) is 2.14. The van der Waals surface area contributed by atoms with Crippen molar-refractivity contribution in [3.05, 3.63) is 29.3 Å². The van der Waals surface area contributed by atoms with Gasteiger partial charge in [-0.25, -0.2) is 0 Å². The molecule has 0 spiro atoms. The van der Waals surface area contributed by atoms with E-state index < -0.39 is 17.5 Å². The fourth-order valence-corrected chi connectivity index (χ4v) is 2.14. The van der Waals surface area contributed by atoms with Crippen molar-refractivity contribution < 1.29 is 19.5 Å². The van der Waals surface area contributed by atoms with Gasteiger partial charge in [0, 0.05) is 12.5 Å². The van der Waals surface area contributed by atoms with Gasteiger partial charge in [-0.05, 0) is 36.6 Å². The second-order valence-electron chi connectivity index (χ2n) is 4.22. The van der Waals surface area contributed by atoms with E-state index in [0.717, 1.165) is 5.56 Å². The van der Waals surface area contributed by atoms with E-state index in [2.05, 4.69) is 0 Å². The molecule has 0 bridgehead atoms. The first-order valence-corrected chi connectivity index (χ1v) is 5.41. The molecule has 1 aliphatic carbocycles. The number of hydrogen-bond donors (Lipinski definition) is 1. The van der Waals surface area contributed by atoms with Crippen molar-refractivity contribution in [2.75, 3.05) is 0 Å². The summed E-state index contributed by atoms with van der Waals surface area (Å²) in [6.45, 7) is 1.18. The summed E-state index contributed by atoms with van der Waals surface area (Å²) in [5, 5.41) is 9.31. The molecule has 0 fully saturated rings. The average Bonchev–Trinajstić information content (AvgIpc) is 2.28. The van der Waals surface area contributed by atoms with Gasteiger partial charge in [0.05, 0.1) is 5.92 Å². The summed E-state index contributed by atoms with van der Waals surface area (Å²) in [5.74, 6) is -2.25. The van der Waals surface area contributed by atoms with Crippen LogP contribution in [0, 0.1) is 5.92 Å². The molecule has 88 valence electrons. The molecular weight excluding hydrogens is 220 g/mol. The number of aryl methyl sites for hydroxylation is 1. The zero-order valence-electron chi connectivity index (χ0n) is 9.40. The highest BCUT2D eigenvalue weighted by atomic mass is 16.3. The molecule has 1 unspecified atom stereocenters. The topological polar surface area (TPSA) is 71.4 Å². The zero-order chi connectivity index (χ0) is 12.6. The Kier molecular flexibility index (Phi) is 2.79. The molecule has 0 saturated carbocycles. The quantitative estimate of drug-likeness (QED) is 0.616. The Bertz CT molecular complexity index is 516. The SMILES string of the molecule is CC(=O)C(=O)C1CCc2cc(O)ccc2C1=O. The summed E-state index contributed by atoms with van der Waals surface area (Å²) < 4.78 is 0. The maximum Gasteiger partial charge on any atom is 0.208 e. The van der Waals surface area contributed by atoms with Crippen molar-refractivity contribution in [2.45, 2.75) is 19.8 Å². The number of ketones is 3. The first-order chi connectivity index (χ1) is 8.00. The van der Waals surface area contributed by atoms with Gasteiger partial charge in [0.1, 0.15) is 5.75 Å². The van der Waals surface area contributed by atoms with Crippen LogP contribution in [0.25, 0.3) is 0 Å². The molecule has 1 aromatic rings. The second kappa shape index (κ2) is 4.13. The third kappa shape index (κ3) is 1.98. The van der Waals surface area contributed by atoms with Crippen LogP contribution >= 0.6 is 0 Å². The average molecular weight is 232 g/mol. The normalized spacial score (nSPS) is 18.6. The van der Waals surface area contributed by atoms with Gasteiger partial charge in [-0.2, -0.15) is 0 Å². The van der Waals surface area contributed by atoms with E-state index in [-0.39, 0.29) is 11.5 Å². The summed E-state index contributed by atoms with van der Waals surface area (Å²) >= 11 is 0. The number of aromatic hydroxyl groups is 1. The molecule has 0 radical (unpaired) electrons. The molecule has 4 nitrogen and oxygen atoms in total. The Morgan fingerprint density at radius 1 is 1.35 bits per heavy atom. The minimum atomic E-state index is -0.843. The zero-order valence-corrected chi connectivity index (χ0v) is 9.40. The molecule has 0 saturated heterocycles. The Balaban J connectivity index is 2.37. The van der Waals surface area contributed by atoms with Crippen LogP contribution in [0.2, 0.25) is 0 Å². The first kappa shape index (κ1) is 11.5. The number of hydrogen-bond acceptors (Lipinski definition) is 4. The van der Waals surface area contributed by atoms with Gasteiger partial charge in [-0.1, -0.05) is 0 Å². The lowest BCUT2D eigenvalue weighted by molar-refractivity contribution is -0.137. The van der Waals surface area contributed by atoms with Crippen molar-refractivity contribution in [3.8, 4) is 5.75 Å². The third-order valence-electron chi connectivity index (χ3n) is 3.04. The van der Waals surface area contributed by atoms with Crippen LogP contribution in [-0.2, 0) is 16.0 Å². The summed E-state index contributed by atoms with van der Waals surface area (Å²) in [7, 11) is 0. The molecule has 2 rings (SSSR count). The largest absolute Gasteiger partial charge is 0.508 e. The van der Waals surface area contributed by atoms with Crippen LogP contribution in [0.3, 0.4) is 0 Å². The highest BCUT2D eigenvalue weighted by molar-refractivity contribution is 6.41. The van der Waals surface area contributed by atoms with Crippen LogP contribution in [-0.4, -0.2) is 22.5 Å². The molecule has 1 aliphatic rings. The van der Waals surface area contributed by atoms with E-state index in [1.54, 1.807) is 0 Å². The lowest BCUT2D eigenvalue weighted by Crippen LogP contribution is -2.32. The summed E-state index contributed by atoms with van der Waals surface area (Å²) in [6.07, 6.45) is 0.868. The highest BCUT2D eigenvalue weighted by Crippen LogP contribution is 2.28. The van der Waals surface area contributed by atoms with Crippen molar-refractivity contribution in [1.82, 2.24) is 0 Å². The van der Waals surface area contributed by atoms with Crippen LogP contribution in [0.15, 0.2) is 18.2 Å². The Labute approximate surface area is 98.3 Å². The molecule has 0 aliphatic heterocycles. The Morgan fingerprint density at radius 3 is 2.71 bits per heavy atom. The van der Waals surface area contributed by atoms with Gasteiger partial charge in [0.25, 0.3) is 0 Å². The summed E-state index contributed by atoms with van der Waals surface area (Å²) in [4.78, 5) is 34.6. The third-order valence-corrected chi connectivity index (χ3v) is 3.04. The molecule has 1 aromatic carbocycles. The van der Waals surface area contributed by atoms with Crippen LogP contribution in [0.1, 0.15) is 29.3 Å². The highest BCUT2D eigenvalue weighted by Gasteiger charge is 2.34. The van der Waals surface area contributed by atoms with Crippen molar-refractivity contribution in [2.24, 2.45) is 5.92 Å². The molecule has 1 atom stereocenters. The van der Waals surface area contributed by atoms with E-state index in [1.165, 1.54) is 25.1 Å². The second-order valence-corrected chi connectivity index (χ2v) is 4.22. The predicted molar refractivity (Wildman–Crippen MR) is 59.9 cm³/mol. The number of carbonyl (C=O) groups excluding carboxylic acids is 3. The molecule has 1 N–H and O–H groups in total. The van der Waals surface area contributed by atoms with Crippen molar-refractivity contribution >= 4 is 17.3 Å². The van der Waals surface area contributed by atoms with E-state index in [1.807, 2.05) is 0 Å². The molecule has 0 amide bonds. The van der Waals surface area contributed by atoms with Gasteiger partial charge in [-0.15, -0.1) is 0 Å². The van der Waals surface area contributed by atoms with E-state index in [9.17, 15) is 19.5 Å². The lowest BCUT2D eigenvalue weighted by atomic mass is 9.80. The number of Topliss-reactive ketones (excluding diaryl/α,β-unsaturated/α-hetero) is 3. The van der Waals surface area contributed by atoms with Crippen molar-refractivity contribution in [1.29, 1.82) is 0 Å². The van der Waals surface area contributed by atoms with Gasteiger partial charge < -0.3 is 5.11 Å². The summed E-state index contributed by atoms with van der Waals surface area (Å²) in [6, 6.07) is 4.45. The number of fused-ring (bicyclic) bond motifs is 1. The molecule has 4 heteroatoms. The number of carbonyl (C=O) groups is 3. The molecule has 17 heavy (non-hydrogen) atoms. The van der Waals surface area contributed by atoms with Gasteiger partial charge in [-0.3, -0.25) is 14.4 Å². The number of phenols is 1. The molecule has 0 heterocycles. The van der Waals surface area contributed by atoms with Crippen molar-refractivity contribution in [3.63, 3.8) is 0 Å².